The van der Waals surface area contributed by atoms with E-state index in [2.05, 4.69) is 0 Å². The minimum absolute atomic E-state index is 0.00652. The monoisotopic (exact) mass is 551 g/mol. The zero-order valence-electron chi connectivity index (χ0n) is 20.4. The lowest BCUT2D eigenvalue weighted by Gasteiger charge is -2.51. The number of carboxylic acids is 1. The first-order chi connectivity index (χ1) is 16.9. The number of likely N-dealkylation sites (tertiary alicyclic amines) is 1. The highest BCUT2D eigenvalue weighted by Crippen LogP contribution is 2.52. The van der Waals surface area contributed by atoms with Crippen LogP contribution in [0, 0.1) is 5.41 Å². The van der Waals surface area contributed by atoms with Gasteiger partial charge in [0.25, 0.3) is 0 Å². The molecule has 1 aliphatic carbocycles. The topological polar surface area (TPSA) is 91.8 Å². The summed E-state index contributed by atoms with van der Waals surface area (Å²) in [6.45, 7) is 3.55. The Kier molecular flexibility index (Phi) is 7.75. The lowest BCUT2D eigenvalue weighted by atomic mass is 9.67. The van der Waals surface area contributed by atoms with E-state index < -0.39 is 33.3 Å². The fraction of sp³-hybridized carbons (Fsp3) is 0.481. The number of aliphatic carboxylic acids is 1. The van der Waals surface area contributed by atoms with Gasteiger partial charge in [-0.05, 0) is 68.0 Å². The van der Waals surface area contributed by atoms with Crippen molar-refractivity contribution in [1.82, 2.24) is 4.90 Å². The number of carboxylic acid groups (broad SMARTS) is 1. The van der Waals surface area contributed by atoms with Crippen molar-refractivity contribution in [3.63, 3.8) is 0 Å². The van der Waals surface area contributed by atoms with Crippen molar-refractivity contribution in [2.24, 2.45) is 5.41 Å². The highest BCUT2D eigenvalue weighted by molar-refractivity contribution is 7.92. The Labute approximate surface area is 222 Å². The molecule has 2 aromatic carbocycles. The molecule has 0 radical (unpaired) electrons. The van der Waals surface area contributed by atoms with Crippen LogP contribution in [0.25, 0.3) is 0 Å². The molecule has 2 aliphatic rings. The highest BCUT2D eigenvalue weighted by Gasteiger charge is 2.52. The van der Waals surface area contributed by atoms with Crippen molar-refractivity contribution in [1.29, 1.82) is 0 Å². The van der Waals surface area contributed by atoms with E-state index in [0.717, 1.165) is 11.1 Å². The average Bonchev–Trinajstić information content (AvgIpc) is 3.66. The van der Waals surface area contributed by atoms with Gasteiger partial charge < -0.3 is 10.0 Å². The molecule has 1 N–H and O–H groups in total. The lowest BCUT2D eigenvalue weighted by Crippen LogP contribution is -2.55. The molecule has 1 saturated carbocycles. The Morgan fingerprint density at radius 3 is 2.36 bits per heavy atom. The molecule has 194 valence electrons. The van der Waals surface area contributed by atoms with Gasteiger partial charge in [-0.15, -0.1) is 0 Å². The molecule has 1 heterocycles. The van der Waals surface area contributed by atoms with Crippen molar-refractivity contribution in [2.45, 2.75) is 69.2 Å². The molecule has 2 aromatic rings. The second kappa shape index (κ2) is 10.3. The predicted octanol–water partition coefficient (Wildman–Crippen LogP) is 5.89. The van der Waals surface area contributed by atoms with E-state index in [4.69, 9.17) is 23.2 Å². The van der Waals surface area contributed by atoms with Gasteiger partial charge >= 0.3 is 5.97 Å². The number of benzene rings is 2. The van der Waals surface area contributed by atoms with Gasteiger partial charge in [0.1, 0.15) is 0 Å². The number of carbonyl (C=O) groups is 2. The van der Waals surface area contributed by atoms with Crippen LogP contribution in [0.15, 0.2) is 48.5 Å². The third kappa shape index (κ3) is 5.74. The standard InChI is InChI=1S/C27H31Cl2NO5S/c1-17(12-13-36(34,35)22-10-11-22)30-25(18-6-8-20(28)9-7-18)23(19-4-3-5-21(29)14-19)15-27(2,26(30)33)16-24(31)32/h3-9,14,17,22-23,25H,10-13,15-16H2,1-2H3,(H,31,32)/t17-,23+,25+,27+/m0/s1. The van der Waals surface area contributed by atoms with Gasteiger partial charge in [-0.1, -0.05) is 54.4 Å². The zero-order valence-corrected chi connectivity index (χ0v) is 22.7. The third-order valence-electron chi connectivity index (χ3n) is 7.46. The number of hydrogen-bond acceptors (Lipinski definition) is 4. The van der Waals surface area contributed by atoms with Crippen LogP contribution in [0.5, 0.6) is 0 Å². The molecule has 6 nitrogen and oxygen atoms in total. The number of rotatable bonds is 9. The molecule has 9 heteroatoms. The van der Waals surface area contributed by atoms with Gasteiger partial charge in [-0.2, -0.15) is 0 Å². The maximum absolute atomic E-state index is 14.1. The smallest absolute Gasteiger partial charge is 0.304 e. The van der Waals surface area contributed by atoms with Crippen LogP contribution in [0.1, 0.15) is 69.0 Å². The maximum Gasteiger partial charge on any atom is 0.304 e. The number of piperidine rings is 1. The van der Waals surface area contributed by atoms with Crippen molar-refractivity contribution in [3.05, 3.63) is 69.7 Å². The quantitative estimate of drug-likeness (QED) is 0.419. The minimum Gasteiger partial charge on any atom is -0.481 e. The number of amides is 1. The van der Waals surface area contributed by atoms with Gasteiger partial charge in [-0.25, -0.2) is 8.42 Å². The van der Waals surface area contributed by atoms with Crippen LogP contribution in [-0.4, -0.2) is 47.3 Å². The molecule has 36 heavy (non-hydrogen) atoms. The summed E-state index contributed by atoms with van der Waals surface area (Å²) in [7, 11) is -3.21. The first-order valence-corrected chi connectivity index (χ1v) is 14.7. The summed E-state index contributed by atoms with van der Waals surface area (Å²) in [5, 5.41) is 10.5. The Bertz CT molecular complexity index is 1250. The van der Waals surface area contributed by atoms with Crippen molar-refractivity contribution >= 4 is 44.9 Å². The Hall–Kier alpha value is -2.09. The normalized spacial score (nSPS) is 25.6. The highest BCUT2D eigenvalue weighted by atomic mass is 35.5. The molecule has 0 aromatic heterocycles. The van der Waals surface area contributed by atoms with E-state index in [1.165, 1.54) is 0 Å². The van der Waals surface area contributed by atoms with E-state index in [1.54, 1.807) is 30.0 Å². The van der Waals surface area contributed by atoms with Crippen molar-refractivity contribution in [2.75, 3.05) is 5.75 Å². The molecule has 0 spiro atoms. The number of hydrogen-bond donors (Lipinski definition) is 1. The first kappa shape index (κ1) is 27.0. The molecule has 2 fully saturated rings. The van der Waals surface area contributed by atoms with Crippen LogP contribution in [0.2, 0.25) is 10.0 Å². The van der Waals surface area contributed by atoms with Crippen LogP contribution >= 0.6 is 23.2 Å². The molecule has 1 aliphatic heterocycles. The van der Waals surface area contributed by atoms with E-state index in [9.17, 15) is 23.1 Å². The SMILES string of the molecule is C[C@@H](CCS(=O)(=O)C1CC1)N1C(=O)[C@@](C)(CC(=O)O)C[C@H](c2cccc(Cl)c2)[C@H]1c1ccc(Cl)cc1. The average molecular weight is 553 g/mol. The summed E-state index contributed by atoms with van der Waals surface area (Å²) >= 11 is 12.5. The van der Waals surface area contributed by atoms with Crippen LogP contribution in [-0.2, 0) is 19.4 Å². The summed E-state index contributed by atoms with van der Waals surface area (Å²) in [6, 6.07) is 13.8. The summed E-state index contributed by atoms with van der Waals surface area (Å²) in [4.78, 5) is 27.6. The second-order valence-corrected chi connectivity index (χ2v) is 13.7. The van der Waals surface area contributed by atoms with Gasteiger partial charge in [0.2, 0.25) is 5.91 Å². The van der Waals surface area contributed by atoms with Crippen LogP contribution in [0.3, 0.4) is 0 Å². The fourth-order valence-corrected chi connectivity index (χ4v) is 7.61. The largest absolute Gasteiger partial charge is 0.481 e. The van der Waals surface area contributed by atoms with Gasteiger partial charge in [0.15, 0.2) is 9.84 Å². The van der Waals surface area contributed by atoms with Gasteiger partial charge in [0.05, 0.1) is 28.9 Å². The lowest BCUT2D eigenvalue weighted by molar-refractivity contribution is -0.160. The zero-order chi connectivity index (χ0) is 26.3. The number of halogens is 2. The molecular formula is C27H31Cl2NO5S. The molecule has 4 rings (SSSR count). The Morgan fingerprint density at radius 1 is 1.11 bits per heavy atom. The molecule has 1 amide bonds. The minimum atomic E-state index is -3.21. The van der Waals surface area contributed by atoms with Crippen molar-refractivity contribution < 1.29 is 23.1 Å². The fourth-order valence-electron chi connectivity index (χ4n) is 5.43. The summed E-state index contributed by atoms with van der Waals surface area (Å²) in [5.74, 6) is -1.59. The molecule has 1 saturated heterocycles. The maximum atomic E-state index is 14.1. The predicted molar refractivity (Wildman–Crippen MR) is 141 cm³/mol. The van der Waals surface area contributed by atoms with E-state index in [0.29, 0.717) is 29.3 Å². The van der Waals surface area contributed by atoms with E-state index in [-0.39, 0.29) is 35.7 Å². The molecule has 0 unspecified atom stereocenters. The molecule has 0 bridgehead atoms. The van der Waals surface area contributed by atoms with Crippen LogP contribution in [0.4, 0.5) is 0 Å². The number of carbonyl (C=O) groups excluding carboxylic acids is 1. The van der Waals surface area contributed by atoms with Gasteiger partial charge in [-0.3, -0.25) is 9.59 Å². The summed E-state index contributed by atoms with van der Waals surface area (Å²) in [5.41, 5.74) is 0.590. The Morgan fingerprint density at radius 2 is 1.78 bits per heavy atom. The molecule has 4 atom stereocenters. The van der Waals surface area contributed by atoms with E-state index >= 15 is 0 Å². The first-order valence-electron chi connectivity index (χ1n) is 12.2. The van der Waals surface area contributed by atoms with Crippen molar-refractivity contribution in [3.8, 4) is 0 Å². The Balaban J connectivity index is 1.80. The van der Waals surface area contributed by atoms with Gasteiger partial charge in [0, 0.05) is 22.0 Å². The van der Waals surface area contributed by atoms with E-state index in [1.807, 2.05) is 37.3 Å². The van der Waals surface area contributed by atoms with Crippen LogP contribution < -0.4 is 0 Å². The second-order valence-electron chi connectivity index (χ2n) is 10.4. The molecular weight excluding hydrogens is 521 g/mol. The summed E-state index contributed by atoms with van der Waals surface area (Å²) in [6.07, 6.45) is 1.66. The number of nitrogens with zero attached hydrogens (tertiary/aromatic N) is 1. The third-order valence-corrected chi connectivity index (χ3v) is 10.2. The number of sulfone groups is 1. The summed E-state index contributed by atoms with van der Waals surface area (Å²) < 4.78 is 25.3.